The maximum absolute atomic E-state index is 12.4. The van der Waals surface area contributed by atoms with Gasteiger partial charge in [-0.25, -0.2) is 0 Å². The largest absolute Gasteiger partial charge is 0.397 e. The summed E-state index contributed by atoms with van der Waals surface area (Å²) in [6.45, 7) is 2.98. The Bertz CT molecular complexity index is 621. The fraction of sp³-hybridized carbons (Fsp3) is 0.250. The molecule has 0 saturated carbocycles. The third-order valence-electron chi connectivity index (χ3n) is 3.75. The fourth-order valence-electron chi connectivity index (χ4n) is 2.60. The summed E-state index contributed by atoms with van der Waals surface area (Å²) >= 11 is 0. The lowest BCUT2D eigenvalue weighted by molar-refractivity contribution is 0.0746. The highest BCUT2D eigenvalue weighted by molar-refractivity contribution is 5.94. The first-order valence-electron chi connectivity index (χ1n) is 7.04. The molecule has 1 aromatic heterocycles. The van der Waals surface area contributed by atoms with E-state index in [-0.39, 0.29) is 5.91 Å². The Morgan fingerprint density at radius 2 is 1.81 bits per heavy atom. The molecule has 1 amide bonds. The average molecular weight is 282 g/mol. The van der Waals surface area contributed by atoms with Crippen LogP contribution >= 0.6 is 0 Å². The molecule has 1 aliphatic heterocycles. The van der Waals surface area contributed by atoms with Gasteiger partial charge in [-0.3, -0.25) is 9.78 Å². The Morgan fingerprint density at radius 1 is 1.05 bits per heavy atom. The molecule has 0 spiro atoms. The number of rotatable bonds is 2. The number of nitrogens with two attached hydrogens (primary N) is 1. The second-order valence-corrected chi connectivity index (χ2v) is 5.08. The molecule has 0 unspecified atom stereocenters. The topological polar surface area (TPSA) is 62.5 Å². The van der Waals surface area contributed by atoms with E-state index in [1.807, 2.05) is 29.2 Å². The van der Waals surface area contributed by atoms with Gasteiger partial charge in [0.2, 0.25) is 0 Å². The van der Waals surface area contributed by atoms with Crippen molar-refractivity contribution in [3.8, 4) is 0 Å². The lowest BCUT2D eigenvalue weighted by Crippen LogP contribution is -2.49. The minimum atomic E-state index is 0.0452. The van der Waals surface area contributed by atoms with E-state index in [1.54, 1.807) is 24.5 Å². The smallest absolute Gasteiger partial charge is 0.255 e. The first-order chi connectivity index (χ1) is 10.3. The Kier molecular flexibility index (Phi) is 3.73. The molecule has 2 aromatic rings. The van der Waals surface area contributed by atoms with Crippen molar-refractivity contribution in [2.75, 3.05) is 36.8 Å². The van der Waals surface area contributed by atoms with Crippen LogP contribution in [0.2, 0.25) is 0 Å². The van der Waals surface area contributed by atoms with Crippen LogP contribution in [0.4, 0.5) is 11.4 Å². The summed E-state index contributed by atoms with van der Waals surface area (Å²) in [5.41, 5.74) is 8.48. The molecule has 5 heteroatoms. The number of nitrogens with zero attached hydrogens (tertiary/aromatic N) is 3. The number of para-hydroxylation sites is 2. The average Bonchev–Trinajstić information content (AvgIpc) is 2.56. The first kappa shape index (κ1) is 13.4. The van der Waals surface area contributed by atoms with Crippen molar-refractivity contribution in [3.63, 3.8) is 0 Å². The van der Waals surface area contributed by atoms with E-state index in [9.17, 15) is 4.79 Å². The van der Waals surface area contributed by atoms with Crippen molar-refractivity contribution in [1.82, 2.24) is 9.88 Å². The second-order valence-electron chi connectivity index (χ2n) is 5.08. The lowest BCUT2D eigenvalue weighted by Gasteiger charge is -2.36. The highest BCUT2D eigenvalue weighted by Crippen LogP contribution is 2.23. The molecule has 2 heterocycles. The third kappa shape index (κ3) is 2.81. The van der Waals surface area contributed by atoms with E-state index in [4.69, 9.17) is 5.73 Å². The number of anilines is 2. The molecule has 3 rings (SSSR count). The molecule has 1 saturated heterocycles. The highest BCUT2D eigenvalue weighted by Gasteiger charge is 2.22. The minimum absolute atomic E-state index is 0.0452. The van der Waals surface area contributed by atoms with Crippen LogP contribution in [0.5, 0.6) is 0 Å². The van der Waals surface area contributed by atoms with E-state index in [0.29, 0.717) is 18.7 Å². The predicted molar refractivity (Wildman–Crippen MR) is 83.2 cm³/mol. The van der Waals surface area contributed by atoms with E-state index in [2.05, 4.69) is 9.88 Å². The quantitative estimate of drug-likeness (QED) is 0.850. The number of amides is 1. The Hall–Kier alpha value is -2.56. The van der Waals surface area contributed by atoms with E-state index < -0.39 is 0 Å². The van der Waals surface area contributed by atoms with Crippen molar-refractivity contribution in [2.24, 2.45) is 0 Å². The summed E-state index contributed by atoms with van der Waals surface area (Å²) in [6, 6.07) is 11.4. The second kappa shape index (κ2) is 5.83. The van der Waals surface area contributed by atoms with Crippen molar-refractivity contribution in [3.05, 3.63) is 54.4 Å². The number of benzene rings is 1. The van der Waals surface area contributed by atoms with Crippen LogP contribution in [0, 0.1) is 0 Å². The number of pyridine rings is 1. The standard InChI is InChI=1S/C16H18N4O/c17-14-5-1-2-6-15(14)19-8-10-20(11-9-19)16(21)13-4-3-7-18-12-13/h1-7,12H,8-11,17H2. The first-order valence-corrected chi connectivity index (χ1v) is 7.04. The van der Waals surface area contributed by atoms with Crippen molar-refractivity contribution < 1.29 is 4.79 Å². The fourth-order valence-corrected chi connectivity index (χ4v) is 2.60. The van der Waals surface area contributed by atoms with Gasteiger partial charge >= 0.3 is 0 Å². The summed E-state index contributed by atoms with van der Waals surface area (Å²) in [7, 11) is 0. The van der Waals surface area contributed by atoms with Crippen molar-refractivity contribution >= 4 is 17.3 Å². The van der Waals surface area contributed by atoms with Crippen LogP contribution in [-0.2, 0) is 0 Å². The van der Waals surface area contributed by atoms with E-state index in [1.165, 1.54) is 0 Å². The monoisotopic (exact) mass is 282 g/mol. The molecule has 108 valence electrons. The van der Waals surface area contributed by atoms with Gasteiger partial charge in [0, 0.05) is 38.6 Å². The van der Waals surface area contributed by atoms with Gasteiger partial charge in [-0.1, -0.05) is 12.1 Å². The van der Waals surface area contributed by atoms with Crippen LogP contribution < -0.4 is 10.6 Å². The molecule has 5 nitrogen and oxygen atoms in total. The van der Waals surface area contributed by atoms with Gasteiger partial charge in [-0.05, 0) is 24.3 Å². The highest BCUT2D eigenvalue weighted by atomic mass is 16.2. The molecule has 0 aliphatic carbocycles. The summed E-state index contributed by atoms with van der Waals surface area (Å²) in [5.74, 6) is 0.0452. The van der Waals surface area contributed by atoms with Gasteiger partial charge in [0.25, 0.3) is 5.91 Å². The van der Waals surface area contributed by atoms with Gasteiger partial charge in [-0.15, -0.1) is 0 Å². The molecular weight excluding hydrogens is 264 g/mol. The van der Waals surface area contributed by atoms with Gasteiger partial charge in [0.05, 0.1) is 16.9 Å². The number of nitrogen functional groups attached to an aromatic ring is 1. The molecule has 1 aromatic carbocycles. The molecule has 2 N–H and O–H groups in total. The molecule has 0 atom stereocenters. The van der Waals surface area contributed by atoms with Gasteiger partial charge in [0.1, 0.15) is 0 Å². The van der Waals surface area contributed by atoms with E-state index >= 15 is 0 Å². The lowest BCUT2D eigenvalue weighted by atomic mass is 10.2. The number of hydrogen-bond donors (Lipinski definition) is 1. The molecule has 0 radical (unpaired) electrons. The number of hydrogen-bond acceptors (Lipinski definition) is 4. The zero-order valence-corrected chi connectivity index (χ0v) is 11.8. The Labute approximate surface area is 124 Å². The molecule has 1 fully saturated rings. The van der Waals surface area contributed by atoms with E-state index in [0.717, 1.165) is 24.5 Å². The SMILES string of the molecule is Nc1ccccc1N1CCN(C(=O)c2cccnc2)CC1. The van der Waals surface area contributed by atoms with Crippen LogP contribution in [0.1, 0.15) is 10.4 Å². The Balaban J connectivity index is 1.66. The van der Waals surface area contributed by atoms with Gasteiger partial charge in [0.15, 0.2) is 0 Å². The van der Waals surface area contributed by atoms with Crippen LogP contribution in [0.25, 0.3) is 0 Å². The number of carbonyl (C=O) groups excluding carboxylic acids is 1. The summed E-state index contributed by atoms with van der Waals surface area (Å²) < 4.78 is 0. The van der Waals surface area contributed by atoms with Gasteiger partial charge < -0.3 is 15.5 Å². The van der Waals surface area contributed by atoms with Gasteiger partial charge in [-0.2, -0.15) is 0 Å². The molecule has 21 heavy (non-hydrogen) atoms. The van der Waals surface area contributed by atoms with Crippen LogP contribution in [0.3, 0.4) is 0 Å². The maximum atomic E-state index is 12.4. The van der Waals surface area contributed by atoms with Crippen molar-refractivity contribution in [1.29, 1.82) is 0 Å². The van der Waals surface area contributed by atoms with Crippen LogP contribution in [-0.4, -0.2) is 42.0 Å². The molecule has 0 bridgehead atoms. The summed E-state index contributed by atoms with van der Waals surface area (Å²) in [6.07, 6.45) is 3.29. The third-order valence-corrected chi connectivity index (χ3v) is 3.75. The summed E-state index contributed by atoms with van der Waals surface area (Å²) in [5, 5.41) is 0. The maximum Gasteiger partial charge on any atom is 0.255 e. The summed E-state index contributed by atoms with van der Waals surface area (Å²) in [4.78, 5) is 20.4. The minimum Gasteiger partial charge on any atom is -0.397 e. The normalized spacial score (nSPS) is 15.0. The van der Waals surface area contributed by atoms with Crippen LogP contribution in [0.15, 0.2) is 48.8 Å². The zero-order valence-electron chi connectivity index (χ0n) is 11.8. The number of aromatic nitrogens is 1. The molecular formula is C16H18N4O. The Morgan fingerprint density at radius 3 is 2.48 bits per heavy atom. The predicted octanol–water partition coefficient (Wildman–Crippen LogP) is 1.63. The number of piperazine rings is 1. The van der Waals surface area contributed by atoms with Crippen molar-refractivity contribution in [2.45, 2.75) is 0 Å². The number of carbonyl (C=O) groups is 1. The molecule has 1 aliphatic rings. The zero-order chi connectivity index (χ0) is 14.7.